The Labute approximate surface area is 62.4 Å². The number of carboxylic acids is 1. The fourth-order valence-electron chi connectivity index (χ4n) is 0.837. The molecule has 1 aliphatic rings. The molecule has 2 atom stereocenters. The van der Waals surface area contributed by atoms with Crippen molar-refractivity contribution in [2.24, 2.45) is 5.92 Å². The fourth-order valence-corrected chi connectivity index (χ4v) is 0.837. The van der Waals surface area contributed by atoms with E-state index >= 15 is 0 Å². The van der Waals surface area contributed by atoms with Crippen LogP contribution in [0.4, 0.5) is 0 Å². The molecule has 0 aromatic carbocycles. The van der Waals surface area contributed by atoms with Crippen LogP contribution in [0.5, 0.6) is 0 Å². The number of nitrogens with one attached hydrogen (secondary N) is 1. The number of rotatable bonds is 1. The van der Waals surface area contributed by atoms with Crippen molar-refractivity contribution in [3.8, 4) is 0 Å². The number of carbonyl (C=O) groups excluding carboxylic acids is 1. The third-order valence-electron chi connectivity index (χ3n) is 1.40. The predicted octanol–water partition coefficient (Wildman–Crippen LogP) is -0.404. The Bertz CT molecular complexity index is 250. The molecule has 0 aromatic heterocycles. The van der Waals surface area contributed by atoms with Crippen molar-refractivity contribution in [2.45, 2.75) is 19.3 Å². The van der Waals surface area contributed by atoms with E-state index in [2.05, 4.69) is 5.32 Å². The Balaban J connectivity index is 2.73. The van der Waals surface area contributed by atoms with Crippen molar-refractivity contribution in [1.29, 1.82) is 0 Å². The molecule has 4 heteroatoms. The highest BCUT2D eigenvalue weighted by Crippen LogP contribution is 2.13. The van der Waals surface area contributed by atoms with Crippen LogP contribution in [0, 0.1) is 5.92 Å². The van der Waals surface area contributed by atoms with Gasteiger partial charge in [-0.3, -0.25) is 4.79 Å². The fraction of sp³-hybridized carbons (Fsp3) is 0.667. The summed E-state index contributed by atoms with van der Waals surface area (Å²) < 4.78 is 20.9. The maximum atomic E-state index is 11.0. The van der Waals surface area contributed by atoms with Gasteiger partial charge in [0, 0.05) is 10.0 Å². The van der Waals surface area contributed by atoms with Crippen LogP contribution >= 0.6 is 0 Å². The van der Waals surface area contributed by atoms with E-state index in [0.29, 0.717) is 0 Å². The molecule has 4 nitrogen and oxygen atoms in total. The highest BCUT2D eigenvalue weighted by molar-refractivity contribution is 5.88. The normalized spacial score (nSPS) is 37.6. The first kappa shape index (κ1) is 3.95. The maximum Gasteiger partial charge on any atom is 0.326 e. The van der Waals surface area contributed by atoms with Gasteiger partial charge in [0.1, 0.15) is 6.04 Å². The summed E-state index contributed by atoms with van der Waals surface area (Å²) in [5, 5.41) is 10.6. The second kappa shape index (κ2) is 2.28. The zero-order chi connectivity index (χ0) is 10.2. The van der Waals surface area contributed by atoms with E-state index in [1.807, 2.05) is 0 Å². The van der Waals surface area contributed by atoms with E-state index in [0.717, 1.165) is 0 Å². The van der Waals surface area contributed by atoms with Gasteiger partial charge in [-0.05, 0) is 6.42 Å². The lowest BCUT2D eigenvalue weighted by atomic mass is 10.1. The summed E-state index contributed by atoms with van der Waals surface area (Å²) in [5.74, 6) is -3.08. The van der Waals surface area contributed by atoms with E-state index in [-0.39, 0.29) is 6.42 Å². The van der Waals surface area contributed by atoms with Gasteiger partial charge in [-0.1, -0.05) is 6.85 Å². The first-order valence-corrected chi connectivity index (χ1v) is 2.85. The Hall–Kier alpha value is -1.06. The van der Waals surface area contributed by atoms with Crippen LogP contribution in [0.2, 0.25) is 0 Å². The van der Waals surface area contributed by atoms with Gasteiger partial charge in [0.2, 0.25) is 5.91 Å². The Kier molecular flexibility index (Phi) is 0.903. The van der Waals surface area contributed by atoms with Crippen LogP contribution in [0.25, 0.3) is 0 Å². The van der Waals surface area contributed by atoms with Crippen molar-refractivity contribution < 1.29 is 18.8 Å². The monoisotopic (exact) mass is 146 g/mol. The van der Waals surface area contributed by atoms with E-state index in [4.69, 9.17) is 9.22 Å². The maximum absolute atomic E-state index is 11.0. The Morgan fingerprint density at radius 3 is 3.00 bits per heavy atom. The summed E-state index contributed by atoms with van der Waals surface area (Å²) in [6.45, 7) is -2.41. The predicted molar refractivity (Wildman–Crippen MR) is 33.3 cm³/mol. The number of hydrogen-bond acceptors (Lipinski definition) is 2. The van der Waals surface area contributed by atoms with Gasteiger partial charge in [-0.25, -0.2) is 4.79 Å². The van der Waals surface area contributed by atoms with Gasteiger partial charge >= 0.3 is 5.97 Å². The summed E-state index contributed by atoms with van der Waals surface area (Å²) in [6, 6.07) is -1.06. The summed E-state index contributed by atoms with van der Waals surface area (Å²) in [5.41, 5.74) is 0. The minimum Gasteiger partial charge on any atom is -0.480 e. The Morgan fingerprint density at radius 2 is 2.70 bits per heavy atom. The average Bonchev–Trinajstić information content (AvgIpc) is 2.29. The van der Waals surface area contributed by atoms with Gasteiger partial charge in [-0.2, -0.15) is 0 Å². The van der Waals surface area contributed by atoms with Crippen molar-refractivity contribution >= 4 is 11.9 Å². The lowest BCUT2D eigenvalue weighted by Gasteiger charge is -1.99. The third-order valence-corrected chi connectivity index (χ3v) is 1.40. The summed E-state index contributed by atoms with van der Waals surface area (Å²) >= 11 is 0. The average molecular weight is 146 g/mol. The first-order chi connectivity index (χ1) is 5.82. The highest BCUT2D eigenvalue weighted by Gasteiger charge is 2.32. The zero-order valence-electron chi connectivity index (χ0n) is 8.13. The largest absolute Gasteiger partial charge is 0.480 e. The molecule has 1 heterocycles. The molecule has 0 aromatic rings. The van der Waals surface area contributed by atoms with Crippen LogP contribution in [-0.4, -0.2) is 23.0 Å². The van der Waals surface area contributed by atoms with Crippen molar-refractivity contribution in [3.05, 3.63) is 0 Å². The summed E-state index contributed by atoms with van der Waals surface area (Å²) in [6.07, 6.45) is -0.162. The molecule has 0 saturated carbocycles. The molecule has 0 radical (unpaired) electrons. The Morgan fingerprint density at radius 1 is 2.00 bits per heavy atom. The van der Waals surface area contributed by atoms with E-state index < -0.39 is 30.7 Å². The molecule has 0 unspecified atom stereocenters. The van der Waals surface area contributed by atoms with Gasteiger partial charge in [0.05, 0.1) is 0 Å². The van der Waals surface area contributed by atoms with Crippen molar-refractivity contribution in [2.75, 3.05) is 0 Å². The topological polar surface area (TPSA) is 66.4 Å². The van der Waals surface area contributed by atoms with Gasteiger partial charge < -0.3 is 10.4 Å². The summed E-state index contributed by atoms with van der Waals surface area (Å²) in [7, 11) is 0. The number of hydrogen-bond donors (Lipinski definition) is 2. The standard InChI is InChI=1S/C6H9NO3/c1-3-2-4(6(9)10)7-5(3)8/h3-4H,2H2,1H3,(H,7,8)(H,9,10)/t3-,4+/m1/s1/i1D3. The SMILES string of the molecule is [2H]C([2H])([2H])[C@@H]1C[C@@H](C(=O)O)NC1=O. The van der Waals surface area contributed by atoms with E-state index in [9.17, 15) is 9.59 Å². The van der Waals surface area contributed by atoms with Crippen LogP contribution < -0.4 is 5.32 Å². The number of carboxylic acid groups (broad SMARTS) is 1. The van der Waals surface area contributed by atoms with Gasteiger partial charge in [-0.15, -0.1) is 0 Å². The number of amides is 1. The molecule has 0 bridgehead atoms. The van der Waals surface area contributed by atoms with E-state index in [1.54, 1.807) is 0 Å². The molecular weight excluding hydrogens is 134 g/mol. The second-order valence-corrected chi connectivity index (χ2v) is 2.19. The molecule has 1 fully saturated rings. The van der Waals surface area contributed by atoms with E-state index in [1.165, 1.54) is 0 Å². The second-order valence-electron chi connectivity index (χ2n) is 2.19. The quantitative estimate of drug-likeness (QED) is 0.528. The smallest absolute Gasteiger partial charge is 0.326 e. The van der Waals surface area contributed by atoms with Gasteiger partial charge in [0.25, 0.3) is 0 Å². The third kappa shape index (κ3) is 1.10. The molecule has 1 amide bonds. The number of aliphatic carboxylic acids is 1. The molecule has 1 aliphatic heterocycles. The molecular formula is C6H9NO3. The molecule has 0 aliphatic carbocycles. The minimum atomic E-state index is -2.41. The van der Waals surface area contributed by atoms with Gasteiger partial charge in [0.15, 0.2) is 0 Å². The number of carbonyl (C=O) groups is 2. The molecule has 56 valence electrons. The molecule has 0 spiro atoms. The van der Waals surface area contributed by atoms with Crippen molar-refractivity contribution in [3.63, 3.8) is 0 Å². The first-order valence-electron chi connectivity index (χ1n) is 4.35. The minimum absolute atomic E-state index is 0.162. The van der Waals surface area contributed by atoms with Crippen molar-refractivity contribution in [1.82, 2.24) is 5.32 Å². The summed E-state index contributed by atoms with van der Waals surface area (Å²) in [4.78, 5) is 21.4. The molecule has 1 saturated heterocycles. The highest BCUT2D eigenvalue weighted by atomic mass is 16.4. The molecule has 2 N–H and O–H groups in total. The van der Waals surface area contributed by atoms with Crippen LogP contribution in [-0.2, 0) is 9.59 Å². The van der Waals surface area contributed by atoms with Crippen LogP contribution in [0.1, 0.15) is 17.4 Å². The molecule has 1 rings (SSSR count). The molecule has 10 heavy (non-hydrogen) atoms. The van der Waals surface area contributed by atoms with Crippen LogP contribution in [0.3, 0.4) is 0 Å². The lowest BCUT2D eigenvalue weighted by Crippen LogP contribution is -2.32. The zero-order valence-corrected chi connectivity index (χ0v) is 5.13. The lowest BCUT2D eigenvalue weighted by molar-refractivity contribution is -0.140. The van der Waals surface area contributed by atoms with Crippen LogP contribution in [0.15, 0.2) is 0 Å².